The quantitative estimate of drug-likeness (QED) is 0.488. The predicted octanol–water partition coefficient (Wildman–Crippen LogP) is 4.19. The molecule has 0 aliphatic heterocycles. The van der Waals surface area contributed by atoms with Crippen molar-refractivity contribution < 1.29 is 18.0 Å². The molecule has 8 heteroatoms. The SMILES string of the molecule is CCc1ccccc1N(CC(=O)N(Cc1ccccc1C)[C@H](CC)C(=O)NC1CCCC1)S(C)(=O)=O. The van der Waals surface area contributed by atoms with Crippen molar-refractivity contribution in [2.45, 2.75) is 77.9 Å². The van der Waals surface area contributed by atoms with Gasteiger partial charge >= 0.3 is 0 Å². The summed E-state index contributed by atoms with van der Waals surface area (Å²) in [7, 11) is -3.75. The second-order valence-corrected chi connectivity index (χ2v) is 11.5. The first-order chi connectivity index (χ1) is 17.2. The van der Waals surface area contributed by atoms with E-state index in [-0.39, 0.29) is 25.0 Å². The third-order valence-electron chi connectivity index (χ3n) is 7.01. The van der Waals surface area contributed by atoms with Crippen LogP contribution in [-0.4, -0.2) is 50.0 Å². The standard InChI is InChI=1S/C28H39N3O4S/c1-5-22-14-9-12-18-26(22)31(36(4,34)35)20-27(32)30(19-23-15-8-7-13-21(23)3)25(6-2)28(33)29-24-16-10-11-17-24/h7-9,12-15,18,24-25H,5-6,10-11,16-17,19-20H2,1-4H3,(H,29,33)/t25-/m1/s1. The molecule has 3 rings (SSSR count). The largest absolute Gasteiger partial charge is 0.352 e. The number of carbonyl (C=O) groups excluding carboxylic acids is 2. The number of rotatable bonds is 11. The molecule has 0 bridgehead atoms. The van der Waals surface area contributed by atoms with Gasteiger partial charge in [-0.05, 0) is 55.4 Å². The van der Waals surface area contributed by atoms with Crippen LogP contribution in [0.5, 0.6) is 0 Å². The number of anilines is 1. The van der Waals surface area contributed by atoms with Gasteiger partial charge in [-0.15, -0.1) is 0 Å². The number of aryl methyl sites for hydroxylation is 2. The van der Waals surface area contributed by atoms with Gasteiger partial charge in [0, 0.05) is 12.6 Å². The van der Waals surface area contributed by atoms with E-state index in [0.29, 0.717) is 18.5 Å². The summed E-state index contributed by atoms with van der Waals surface area (Å²) < 4.78 is 26.9. The van der Waals surface area contributed by atoms with Crippen LogP contribution in [0.2, 0.25) is 0 Å². The molecular weight excluding hydrogens is 474 g/mol. The van der Waals surface area contributed by atoms with E-state index in [1.165, 1.54) is 4.31 Å². The first-order valence-corrected chi connectivity index (χ1v) is 14.7. The third-order valence-corrected chi connectivity index (χ3v) is 8.14. The maximum atomic E-state index is 13.9. The van der Waals surface area contributed by atoms with Crippen LogP contribution in [0, 0.1) is 6.92 Å². The Balaban J connectivity index is 1.96. The van der Waals surface area contributed by atoms with E-state index in [1.54, 1.807) is 17.0 Å². The maximum Gasteiger partial charge on any atom is 0.244 e. The van der Waals surface area contributed by atoms with Crippen LogP contribution in [0.3, 0.4) is 0 Å². The van der Waals surface area contributed by atoms with Gasteiger partial charge in [-0.1, -0.05) is 69.2 Å². The van der Waals surface area contributed by atoms with Crippen molar-refractivity contribution in [1.29, 1.82) is 0 Å². The molecule has 0 heterocycles. The van der Waals surface area contributed by atoms with Crippen molar-refractivity contribution in [3.05, 3.63) is 65.2 Å². The average molecular weight is 514 g/mol. The van der Waals surface area contributed by atoms with E-state index in [2.05, 4.69) is 5.32 Å². The van der Waals surface area contributed by atoms with Gasteiger partial charge in [0.25, 0.3) is 0 Å². The third kappa shape index (κ3) is 6.87. The van der Waals surface area contributed by atoms with E-state index in [1.807, 2.05) is 57.2 Å². The highest BCUT2D eigenvalue weighted by atomic mass is 32.2. The molecule has 1 atom stereocenters. The number of para-hydroxylation sites is 1. The summed E-state index contributed by atoms with van der Waals surface area (Å²) in [5, 5.41) is 3.13. The second kappa shape index (κ2) is 12.4. The number of nitrogens with one attached hydrogen (secondary N) is 1. The smallest absolute Gasteiger partial charge is 0.244 e. The Morgan fingerprint density at radius 1 is 1.00 bits per heavy atom. The molecule has 0 unspecified atom stereocenters. The van der Waals surface area contributed by atoms with Gasteiger partial charge in [0.2, 0.25) is 21.8 Å². The first-order valence-electron chi connectivity index (χ1n) is 12.9. The topological polar surface area (TPSA) is 86.8 Å². The molecule has 2 aromatic rings. The molecule has 1 N–H and O–H groups in total. The summed E-state index contributed by atoms with van der Waals surface area (Å²) in [6, 6.07) is 14.4. The number of sulfonamides is 1. The summed E-state index contributed by atoms with van der Waals surface area (Å²) in [6.45, 7) is 5.67. The van der Waals surface area contributed by atoms with Crippen molar-refractivity contribution in [2.75, 3.05) is 17.1 Å². The summed E-state index contributed by atoms with van der Waals surface area (Å²) in [5.74, 6) is -0.575. The minimum atomic E-state index is -3.75. The number of hydrogen-bond donors (Lipinski definition) is 1. The predicted molar refractivity (Wildman–Crippen MR) is 144 cm³/mol. The second-order valence-electron chi connectivity index (χ2n) is 9.61. The zero-order chi connectivity index (χ0) is 26.3. The molecule has 0 radical (unpaired) electrons. The number of carbonyl (C=O) groups is 2. The van der Waals surface area contributed by atoms with E-state index < -0.39 is 22.0 Å². The minimum absolute atomic E-state index is 0.130. The van der Waals surface area contributed by atoms with Crippen LogP contribution >= 0.6 is 0 Å². The molecule has 0 spiro atoms. The number of benzene rings is 2. The van der Waals surface area contributed by atoms with Gasteiger partial charge in [0.05, 0.1) is 11.9 Å². The molecule has 2 amide bonds. The van der Waals surface area contributed by atoms with Crippen molar-refractivity contribution in [2.24, 2.45) is 0 Å². The normalized spacial score (nSPS) is 14.9. The summed E-state index contributed by atoms with van der Waals surface area (Å²) in [5.41, 5.74) is 3.28. The molecule has 7 nitrogen and oxygen atoms in total. The highest BCUT2D eigenvalue weighted by Crippen LogP contribution is 2.25. The highest BCUT2D eigenvalue weighted by molar-refractivity contribution is 7.92. The molecular formula is C28H39N3O4S. The van der Waals surface area contributed by atoms with Crippen molar-refractivity contribution >= 4 is 27.5 Å². The van der Waals surface area contributed by atoms with E-state index in [0.717, 1.165) is 48.6 Å². The number of nitrogens with zero attached hydrogens (tertiary/aromatic N) is 2. The lowest BCUT2D eigenvalue weighted by atomic mass is 10.1. The van der Waals surface area contributed by atoms with Crippen molar-refractivity contribution in [3.63, 3.8) is 0 Å². The molecule has 1 saturated carbocycles. The molecule has 1 fully saturated rings. The molecule has 2 aromatic carbocycles. The molecule has 196 valence electrons. The average Bonchev–Trinajstić information content (AvgIpc) is 3.35. The minimum Gasteiger partial charge on any atom is -0.352 e. The molecule has 0 saturated heterocycles. The van der Waals surface area contributed by atoms with Gasteiger partial charge in [-0.2, -0.15) is 0 Å². The van der Waals surface area contributed by atoms with Gasteiger partial charge in [0.1, 0.15) is 12.6 Å². The summed E-state index contributed by atoms with van der Waals surface area (Å²) in [6.07, 6.45) is 6.25. The zero-order valence-corrected chi connectivity index (χ0v) is 22.7. The van der Waals surface area contributed by atoms with Crippen LogP contribution in [-0.2, 0) is 32.6 Å². The maximum absolute atomic E-state index is 13.9. The Morgan fingerprint density at radius 2 is 1.61 bits per heavy atom. The van der Waals surface area contributed by atoms with E-state index >= 15 is 0 Å². The number of amides is 2. The van der Waals surface area contributed by atoms with Gasteiger partial charge in [-0.3, -0.25) is 13.9 Å². The van der Waals surface area contributed by atoms with Crippen LogP contribution in [0.15, 0.2) is 48.5 Å². The van der Waals surface area contributed by atoms with Crippen LogP contribution in [0.25, 0.3) is 0 Å². The summed E-state index contributed by atoms with van der Waals surface area (Å²) in [4.78, 5) is 28.8. The Bertz CT molecular complexity index is 1160. The summed E-state index contributed by atoms with van der Waals surface area (Å²) >= 11 is 0. The molecule has 36 heavy (non-hydrogen) atoms. The highest BCUT2D eigenvalue weighted by Gasteiger charge is 2.33. The fourth-order valence-electron chi connectivity index (χ4n) is 4.91. The Kier molecular flexibility index (Phi) is 9.54. The lowest BCUT2D eigenvalue weighted by Gasteiger charge is -2.34. The van der Waals surface area contributed by atoms with Crippen molar-refractivity contribution in [3.8, 4) is 0 Å². The lowest BCUT2D eigenvalue weighted by molar-refractivity contribution is -0.140. The molecule has 0 aromatic heterocycles. The fraction of sp³-hybridized carbons (Fsp3) is 0.500. The first kappa shape index (κ1) is 27.7. The Morgan fingerprint density at radius 3 is 2.19 bits per heavy atom. The fourth-order valence-corrected chi connectivity index (χ4v) is 5.79. The monoisotopic (exact) mass is 513 g/mol. The van der Waals surface area contributed by atoms with E-state index in [9.17, 15) is 18.0 Å². The molecule has 1 aliphatic rings. The molecule has 1 aliphatic carbocycles. The van der Waals surface area contributed by atoms with Crippen LogP contribution in [0.4, 0.5) is 5.69 Å². The van der Waals surface area contributed by atoms with Gasteiger partial charge in [-0.25, -0.2) is 8.42 Å². The van der Waals surface area contributed by atoms with Crippen LogP contribution < -0.4 is 9.62 Å². The Labute approximate surface area is 215 Å². The lowest BCUT2D eigenvalue weighted by Crippen LogP contribution is -2.53. The number of hydrogen-bond acceptors (Lipinski definition) is 4. The Hall–Kier alpha value is -2.87. The zero-order valence-electron chi connectivity index (χ0n) is 21.9. The van der Waals surface area contributed by atoms with Gasteiger partial charge in [0.15, 0.2) is 0 Å². The van der Waals surface area contributed by atoms with Gasteiger partial charge < -0.3 is 10.2 Å². The van der Waals surface area contributed by atoms with Crippen LogP contribution in [0.1, 0.15) is 62.6 Å². The van der Waals surface area contributed by atoms with Crippen molar-refractivity contribution in [1.82, 2.24) is 10.2 Å². The van der Waals surface area contributed by atoms with E-state index in [4.69, 9.17) is 0 Å².